The zero-order valence-corrected chi connectivity index (χ0v) is 9.87. The van der Waals surface area contributed by atoms with Gasteiger partial charge in [0.05, 0.1) is 5.02 Å². The first-order valence-corrected chi connectivity index (χ1v) is 6.58. The Morgan fingerprint density at radius 2 is 2.33 bits per heavy atom. The molecule has 0 aromatic heterocycles. The number of thioether (sulfide) groups is 1. The SMILES string of the molecule is Fc1ccc(N[C@H]2CCCSC2)cc1Cl. The summed E-state index contributed by atoms with van der Waals surface area (Å²) in [5.74, 6) is 2.01. The maximum atomic E-state index is 12.9. The highest BCUT2D eigenvalue weighted by Gasteiger charge is 2.13. The zero-order valence-electron chi connectivity index (χ0n) is 8.30. The lowest BCUT2D eigenvalue weighted by Crippen LogP contribution is -2.25. The monoisotopic (exact) mass is 245 g/mol. The van der Waals surface area contributed by atoms with E-state index in [-0.39, 0.29) is 10.8 Å². The molecule has 1 aliphatic rings. The first-order valence-electron chi connectivity index (χ1n) is 5.05. The van der Waals surface area contributed by atoms with Crippen LogP contribution in [0.3, 0.4) is 0 Å². The number of benzene rings is 1. The Morgan fingerprint density at radius 1 is 1.47 bits per heavy atom. The van der Waals surface area contributed by atoms with Crippen LogP contribution >= 0.6 is 23.4 Å². The molecule has 1 aliphatic heterocycles. The molecule has 0 bridgehead atoms. The minimum absolute atomic E-state index is 0.184. The number of anilines is 1. The highest BCUT2D eigenvalue weighted by Crippen LogP contribution is 2.23. The third-order valence-corrected chi connectivity index (χ3v) is 3.96. The lowest BCUT2D eigenvalue weighted by atomic mass is 10.1. The molecule has 1 fully saturated rings. The van der Waals surface area contributed by atoms with Crippen molar-refractivity contribution in [3.05, 3.63) is 29.0 Å². The van der Waals surface area contributed by atoms with E-state index < -0.39 is 0 Å². The van der Waals surface area contributed by atoms with Crippen molar-refractivity contribution in [1.29, 1.82) is 0 Å². The van der Waals surface area contributed by atoms with Gasteiger partial charge in [-0.3, -0.25) is 0 Å². The van der Waals surface area contributed by atoms with Crippen molar-refractivity contribution in [2.75, 3.05) is 16.8 Å². The number of rotatable bonds is 2. The summed E-state index contributed by atoms with van der Waals surface area (Å²) in [6.45, 7) is 0. The van der Waals surface area contributed by atoms with Crippen molar-refractivity contribution in [3.8, 4) is 0 Å². The molecule has 0 amide bonds. The van der Waals surface area contributed by atoms with Crippen molar-refractivity contribution in [3.63, 3.8) is 0 Å². The molecule has 0 saturated carbocycles. The van der Waals surface area contributed by atoms with Gasteiger partial charge in [-0.05, 0) is 36.8 Å². The Labute approximate surface area is 98.4 Å². The van der Waals surface area contributed by atoms with Gasteiger partial charge in [0.2, 0.25) is 0 Å². The van der Waals surface area contributed by atoms with Gasteiger partial charge in [-0.25, -0.2) is 4.39 Å². The van der Waals surface area contributed by atoms with Crippen LogP contribution in [0.25, 0.3) is 0 Å². The van der Waals surface area contributed by atoms with Gasteiger partial charge < -0.3 is 5.32 Å². The average molecular weight is 246 g/mol. The van der Waals surface area contributed by atoms with Crippen LogP contribution in [-0.2, 0) is 0 Å². The summed E-state index contributed by atoms with van der Waals surface area (Å²) in [7, 11) is 0. The van der Waals surface area contributed by atoms with Crippen LogP contribution in [0.15, 0.2) is 18.2 Å². The maximum absolute atomic E-state index is 12.9. The Morgan fingerprint density at radius 3 is 3.00 bits per heavy atom. The van der Waals surface area contributed by atoms with Crippen LogP contribution in [0, 0.1) is 5.82 Å². The molecule has 2 rings (SSSR count). The van der Waals surface area contributed by atoms with Crippen molar-refractivity contribution in [1.82, 2.24) is 0 Å². The van der Waals surface area contributed by atoms with Crippen LogP contribution < -0.4 is 5.32 Å². The summed E-state index contributed by atoms with van der Waals surface area (Å²) in [4.78, 5) is 0. The van der Waals surface area contributed by atoms with E-state index in [4.69, 9.17) is 11.6 Å². The predicted octanol–water partition coefficient (Wildman–Crippen LogP) is 3.79. The van der Waals surface area contributed by atoms with Crippen molar-refractivity contribution < 1.29 is 4.39 Å². The fraction of sp³-hybridized carbons (Fsp3) is 0.455. The van der Waals surface area contributed by atoms with Gasteiger partial charge in [0.25, 0.3) is 0 Å². The fourth-order valence-electron chi connectivity index (χ4n) is 1.68. The minimum atomic E-state index is -0.361. The fourth-order valence-corrected chi connectivity index (χ4v) is 2.93. The number of hydrogen-bond donors (Lipinski definition) is 1. The highest BCUT2D eigenvalue weighted by atomic mass is 35.5. The molecule has 1 heterocycles. The molecular weight excluding hydrogens is 233 g/mol. The van der Waals surface area contributed by atoms with Gasteiger partial charge in [0.1, 0.15) is 5.82 Å². The van der Waals surface area contributed by atoms with Crippen LogP contribution in [-0.4, -0.2) is 17.5 Å². The molecule has 1 aromatic rings. The van der Waals surface area contributed by atoms with Gasteiger partial charge in [-0.2, -0.15) is 11.8 Å². The lowest BCUT2D eigenvalue weighted by Gasteiger charge is -2.23. The predicted molar refractivity (Wildman–Crippen MR) is 65.4 cm³/mol. The van der Waals surface area contributed by atoms with Crippen LogP contribution in [0.2, 0.25) is 5.02 Å². The summed E-state index contributed by atoms with van der Waals surface area (Å²) < 4.78 is 12.9. The topological polar surface area (TPSA) is 12.0 Å². The third-order valence-electron chi connectivity index (χ3n) is 2.45. The van der Waals surface area contributed by atoms with E-state index >= 15 is 0 Å². The summed E-state index contributed by atoms with van der Waals surface area (Å²) in [5, 5.41) is 3.56. The summed E-state index contributed by atoms with van der Waals surface area (Å²) in [5.41, 5.74) is 0.911. The van der Waals surface area contributed by atoms with E-state index in [2.05, 4.69) is 5.32 Å². The van der Waals surface area contributed by atoms with E-state index in [1.807, 2.05) is 11.8 Å². The Bertz CT molecular complexity index is 339. The first-order chi connectivity index (χ1) is 7.25. The van der Waals surface area contributed by atoms with Gasteiger partial charge in [0, 0.05) is 17.5 Å². The Hall–Kier alpha value is -0.410. The molecule has 1 atom stereocenters. The molecule has 15 heavy (non-hydrogen) atoms. The average Bonchev–Trinajstić information content (AvgIpc) is 2.25. The molecule has 1 saturated heterocycles. The van der Waals surface area contributed by atoms with Crippen molar-refractivity contribution >= 4 is 29.1 Å². The molecular formula is C11H13ClFNS. The summed E-state index contributed by atoms with van der Waals surface area (Å²) in [6.07, 6.45) is 2.43. The maximum Gasteiger partial charge on any atom is 0.141 e. The van der Waals surface area contributed by atoms with E-state index in [0.29, 0.717) is 6.04 Å². The van der Waals surface area contributed by atoms with E-state index in [1.165, 1.54) is 24.7 Å². The van der Waals surface area contributed by atoms with E-state index in [0.717, 1.165) is 11.4 Å². The van der Waals surface area contributed by atoms with Crippen molar-refractivity contribution in [2.45, 2.75) is 18.9 Å². The summed E-state index contributed by atoms with van der Waals surface area (Å²) in [6, 6.07) is 5.28. The normalized spacial score (nSPS) is 21.3. The summed E-state index contributed by atoms with van der Waals surface area (Å²) >= 11 is 7.67. The van der Waals surface area contributed by atoms with E-state index in [9.17, 15) is 4.39 Å². The van der Waals surface area contributed by atoms with Crippen molar-refractivity contribution in [2.24, 2.45) is 0 Å². The van der Waals surface area contributed by atoms with Gasteiger partial charge >= 0.3 is 0 Å². The van der Waals surface area contributed by atoms with Gasteiger partial charge in [-0.15, -0.1) is 0 Å². The van der Waals surface area contributed by atoms with Gasteiger partial charge in [0.15, 0.2) is 0 Å². The molecule has 1 N–H and O–H groups in total. The second kappa shape index (κ2) is 5.08. The molecule has 82 valence electrons. The second-order valence-corrected chi connectivity index (χ2v) is 5.24. The third kappa shape index (κ3) is 3.02. The molecule has 1 nitrogen and oxygen atoms in total. The number of hydrogen-bond acceptors (Lipinski definition) is 2. The smallest absolute Gasteiger partial charge is 0.141 e. The molecule has 0 unspecified atom stereocenters. The molecule has 1 aromatic carbocycles. The van der Waals surface area contributed by atoms with Crippen LogP contribution in [0.5, 0.6) is 0 Å². The zero-order chi connectivity index (χ0) is 10.7. The lowest BCUT2D eigenvalue weighted by molar-refractivity contribution is 0.628. The molecule has 4 heteroatoms. The minimum Gasteiger partial charge on any atom is -0.381 e. The number of nitrogens with one attached hydrogen (secondary N) is 1. The first kappa shape index (κ1) is 11.1. The van der Waals surface area contributed by atoms with Gasteiger partial charge in [-0.1, -0.05) is 11.6 Å². The molecule has 0 spiro atoms. The molecule has 0 aliphatic carbocycles. The van der Waals surface area contributed by atoms with Crippen LogP contribution in [0.1, 0.15) is 12.8 Å². The highest BCUT2D eigenvalue weighted by molar-refractivity contribution is 7.99. The molecule has 0 radical (unpaired) electrons. The van der Waals surface area contributed by atoms with E-state index in [1.54, 1.807) is 12.1 Å². The Balaban J connectivity index is 2.00. The van der Waals surface area contributed by atoms with Crippen LogP contribution in [0.4, 0.5) is 10.1 Å². The standard InChI is InChI=1S/C11H13ClFNS/c12-10-6-8(3-4-11(10)13)14-9-2-1-5-15-7-9/h3-4,6,9,14H,1-2,5,7H2/t9-/m0/s1. The Kier molecular flexibility index (Phi) is 3.76. The largest absolute Gasteiger partial charge is 0.381 e. The quantitative estimate of drug-likeness (QED) is 0.851. The second-order valence-electron chi connectivity index (χ2n) is 3.69. The number of halogens is 2.